The van der Waals surface area contributed by atoms with Crippen molar-refractivity contribution in [2.75, 3.05) is 11.9 Å². The van der Waals surface area contributed by atoms with E-state index < -0.39 is 0 Å². The van der Waals surface area contributed by atoms with Gasteiger partial charge in [0.1, 0.15) is 0 Å². The quantitative estimate of drug-likeness (QED) is 0.932. The number of nitrogens with one attached hydrogen (secondary N) is 1. The maximum absolute atomic E-state index is 12.7. The number of hydrogen-bond acceptors (Lipinski definition) is 4. The molecule has 124 valence electrons. The number of likely N-dealkylation sites (tertiary alicyclic amines) is 1. The van der Waals surface area contributed by atoms with Gasteiger partial charge < -0.3 is 10.2 Å². The van der Waals surface area contributed by atoms with Crippen LogP contribution in [0.5, 0.6) is 0 Å². The Labute approximate surface area is 140 Å². The van der Waals surface area contributed by atoms with Crippen molar-refractivity contribution in [3.63, 3.8) is 0 Å². The molecule has 2 amide bonds. The average molecular weight is 333 g/mol. The van der Waals surface area contributed by atoms with Crippen molar-refractivity contribution in [2.45, 2.75) is 45.6 Å². The van der Waals surface area contributed by atoms with Crippen molar-refractivity contribution < 1.29 is 4.79 Å². The van der Waals surface area contributed by atoms with E-state index in [1.807, 2.05) is 25.1 Å². The fourth-order valence-corrected chi connectivity index (χ4v) is 3.73. The van der Waals surface area contributed by atoms with Crippen LogP contribution in [-0.4, -0.2) is 32.2 Å². The lowest BCUT2D eigenvalue weighted by Crippen LogP contribution is -2.34. The second-order valence-corrected chi connectivity index (χ2v) is 7.39. The van der Waals surface area contributed by atoms with Gasteiger partial charge in [0, 0.05) is 25.2 Å². The fraction of sp³-hybridized carbons (Fsp3) is 0.562. The van der Waals surface area contributed by atoms with Crippen LogP contribution in [0.15, 0.2) is 11.6 Å². The lowest BCUT2D eigenvalue weighted by molar-refractivity contribution is 0.206. The maximum Gasteiger partial charge on any atom is 0.322 e. The Bertz CT molecular complexity index is 705. The molecule has 2 aromatic rings. The number of hydrogen-bond donors (Lipinski definition) is 1. The number of rotatable bonds is 3. The van der Waals surface area contributed by atoms with Crippen LogP contribution >= 0.6 is 11.3 Å². The lowest BCUT2D eigenvalue weighted by Gasteiger charge is -2.23. The summed E-state index contributed by atoms with van der Waals surface area (Å²) in [7, 11) is 1.87. The van der Waals surface area contributed by atoms with E-state index in [4.69, 9.17) is 0 Å². The number of urea groups is 1. The smallest absolute Gasteiger partial charge is 0.316 e. The Kier molecular flexibility index (Phi) is 4.39. The van der Waals surface area contributed by atoms with Crippen molar-refractivity contribution in [1.82, 2.24) is 19.7 Å². The Morgan fingerprint density at radius 1 is 1.48 bits per heavy atom. The average Bonchev–Trinajstić information content (AvgIpc) is 3.17. The van der Waals surface area contributed by atoms with Crippen LogP contribution in [-0.2, 0) is 7.05 Å². The largest absolute Gasteiger partial charge is 0.322 e. The molecule has 0 radical (unpaired) electrons. The van der Waals surface area contributed by atoms with Gasteiger partial charge in [-0.2, -0.15) is 5.10 Å². The highest BCUT2D eigenvalue weighted by atomic mass is 32.1. The molecule has 0 unspecified atom stereocenters. The van der Waals surface area contributed by atoms with Crippen LogP contribution in [0.2, 0.25) is 0 Å². The molecule has 23 heavy (non-hydrogen) atoms. The Morgan fingerprint density at radius 2 is 2.26 bits per heavy atom. The summed E-state index contributed by atoms with van der Waals surface area (Å²) in [6.07, 6.45) is 3.85. The van der Waals surface area contributed by atoms with Crippen molar-refractivity contribution in [2.24, 2.45) is 7.05 Å². The summed E-state index contributed by atoms with van der Waals surface area (Å²) >= 11 is 1.64. The summed E-state index contributed by atoms with van der Waals surface area (Å²) in [6.45, 7) is 6.92. The van der Waals surface area contributed by atoms with Gasteiger partial charge in [-0.25, -0.2) is 9.78 Å². The second-order valence-electron chi connectivity index (χ2n) is 6.33. The number of aryl methyl sites for hydroxylation is 2. The van der Waals surface area contributed by atoms with Crippen LogP contribution in [0.1, 0.15) is 55.0 Å². The SMILES string of the molecule is Cc1nc([C@@H]2CCCN2C(=O)Nc2cn(C)nc2C(C)C)cs1. The first-order valence-corrected chi connectivity index (χ1v) is 8.87. The molecular weight excluding hydrogens is 310 g/mol. The lowest BCUT2D eigenvalue weighted by atomic mass is 10.1. The minimum absolute atomic E-state index is 0.0620. The molecule has 1 atom stereocenters. The molecule has 2 aromatic heterocycles. The molecule has 0 aromatic carbocycles. The van der Waals surface area contributed by atoms with E-state index in [1.54, 1.807) is 16.0 Å². The van der Waals surface area contributed by atoms with Crippen molar-refractivity contribution in [3.8, 4) is 0 Å². The third-order valence-electron chi connectivity index (χ3n) is 4.14. The highest BCUT2D eigenvalue weighted by Gasteiger charge is 2.32. The summed E-state index contributed by atoms with van der Waals surface area (Å²) < 4.78 is 1.75. The van der Waals surface area contributed by atoms with E-state index in [1.165, 1.54) is 0 Å². The summed E-state index contributed by atoms with van der Waals surface area (Å²) in [5, 5.41) is 10.6. The molecule has 1 saturated heterocycles. The number of nitrogens with zero attached hydrogens (tertiary/aromatic N) is 4. The number of amides is 2. The van der Waals surface area contributed by atoms with Crippen LogP contribution in [0.4, 0.5) is 10.5 Å². The van der Waals surface area contributed by atoms with Gasteiger partial charge in [-0.3, -0.25) is 4.68 Å². The summed E-state index contributed by atoms with van der Waals surface area (Å²) in [5.41, 5.74) is 2.73. The van der Waals surface area contributed by atoms with E-state index >= 15 is 0 Å². The molecule has 7 heteroatoms. The van der Waals surface area contributed by atoms with Crippen LogP contribution < -0.4 is 5.32 Å². The number of carbonyl (C=O) groups is 1. The number of carbonyl (C=O) groups excluding carboxylic acids is 1. The third kappa shape index (κ3) is 3.24. The van der Waals surface area contributed by atoms with Crippen molar-refractivity contribution >= 4 is 23.1 Å². The van der Waals surface area contributed by atoms with E-state index in [-0.39, 0.29) is 18.0 Å². The van der Waals surface area contributed by atoms with Crippen LogP contribution in [0.25, 0.3) is 0 Å². The van der Waals surface area contributed by atoms with Gasteiger partial charge in [0.25, 0.3) is 0 Å². The minimum Gasteiger partial charge on any atom is -0.316 e. The topological polar surface area (TPSA) is 63.1 Å². The summed E-state index contributed by atoms with van der Waals surface area (Å²) in [5.74, 6) is 0.266. The summed E-state index contributed by atoms with van der Waals surface area (Å²) in [6, 6.07) is 0.0205. The molecule has 1 aliphatic heterocycles. The standard InChI is InChI=1S/C16H23N5OS/c1-10(2)15-12(8-20(4)19-15)18-16(22)21-7-5-6-14(21)13-9-23-11(3)17-13/h8-10,14H,5-7H2,1-4H3,(H,18,22)/t14-/m0/s1. The molecule has 3 heterocycles. The van der Waals surface area contributed by atoms with Gasteiger partial charge >= 0.3 is 6.03 Å². The first-order valence-electron chi connectivity index (χ1n) is 7.99. The van der Waals surface area contributed by atoms with Gasteiger partial charge in [0.15, 0.2) is 0 Å². The summed E-state index contributed by atoms with van der Waals surface area (Å²) in [4.78, 5) is 19.2. The molecule has 0 bridgehead atoms. The van der Waals surface area contributed by atoms with Crippen LogP contribution in [0, 0.1) is 6.92 Å². The fourth-order valence-electron chi connectivity index (χ4n) is 3.07. The third-order valence-corrected chi connectivity index (χ3v) is 4.93. The van der Waals surface area contributed by atoms with Crippen molar-refractivity contribution in [1.29, 1.82) is 0 Å². The molecular formula is C16H23N5OS. The van der Waals surface area contributed by atoms with Gasteiger partial charge in [-0.15, -0.1) is 11.3 Å². The minimum atomic E-state index is -0.0620. The molecule has 1 aliphatic rings. The molecule has 0 spiro atoms. The molecule has 6 nitrogen and oxygen atoms in total. The van der Waals surface area contributed by atoms with Crippen LogP contribution in [0.3, 0.4) is 0 Å². The molecule has 0 saturated carbocycles. The van der Waals surface area contributed by atoms with Gasteiger partial charge in [0.2, 0.25) is 0 Å². The predicted octanol–water partition coefficient (Wildman–Crippen LogP) is 3.68. The van der Waals surface area contributed by atoms with E-state index in [9.17, 15) is 4.79 Å². The highest BCUT2D eigenvalue weighted by molar-refractivity contribution is 7.09. The van der Waals surface area contributed by atoms with Gasteiger partial charge in [-0.1, -0.05) is 13.8 Å². The molecule has 0 aliphatic carbocycles. The van der Waals surface area contributed by atoms with E-state index in [2.05, 4.69) is 34.6 Å². The number of aromatic nitrogens is 3. The number of thiazole rings is 1. The monoisotopic (exact) mass is 333 g/mol. The zero-order valence-corrected chi connectivity index (χ0v) is 14.9. The number of anilines is 1. The zero-order valence-electron chi connectivity index (χ0n) is 14.0. The molecule has 1 fully saturated rings. The first kappa shape index (κ1) is 16.0. The van der Waals surface area contributed by atoms with E-state index in [0.717, 1.165) is 41.5 Å². The van der Waals surface area contributed by atoms with Gasteiger partial charge in [0.05, 0.1) is 28.1 Å². The van der Waals surface area contributed by atoms with Gasteiger partial charge in [-0.05, 0) is 25.7 Å². The Hall–Kier alpha value is -1.89. The maximum atomic E-state index is 12.7. The first-order chi connectivity index (χ1) is 11.0. The normalized spacial score (nSPS) is 18.0. The predicted molar refractivity (Wildman–Crippen MR) is 91.8 cm³/mol. The molecule has 1 N–H and O–H groups in total. The Morgan fingerprint density at radius 3 is 2.91 bits per heavy atom. The molecule has 3 rings (SSSR count). The Balaban J connectivity index is 1.77. The van der Waals surface area contributed by atoms with Crippen molar-refractivity contribution in [3.05, 3.63) is 28.0 Å². The second kappa shape index (κ2) is 6.31. The zero-order chi connectivity index (χ0) is 16.6. The highest BCUT2D eigenvalue weighted by Crippen LogP contribution is 2.33. The van der Waals surface area contributed by atoms with E-state index in [0.29, 0.717) is 0 Å².